The molecule has 11 unspecified atom stereocenters. The zero-order valence-corrected chi connectivity index (χ0v) is 23.1. The summed E-state index contributed by atoms with van der Waals surface area (Å²) in [4.78, 5) is 12.4. The van der Waals surface area contributed by atoms with Crippen LogP contribution in [-0.4, -0.2) is 18.9 Å². The number of nitrogens with two attached hydrogens (primary N) is 1. The number of hydrogen-bond donors (Lipinski definition) is 2. The van der Waals surface area contributed by atoms with Gasteiger partial charge in [0, 0.05) is 17.6 Å². The van der Waals surface area contributed by atoms with Crippen molar-refractivity contribution in [1.82, 2.24) is 0 Å². The first-order valence-corrected chi connectivity index (χ1v) is 15.9. The Hall–Kier alpha value is -1.87. The Bertz CT molecular complexity index is 1060. The first kappa shape index (κ1) is 25.1. The van der Waals surface area contributed by atoms with Crippen molar-refractivity contribution in [3.8, 4) is 0 Å². The molecule has 5 fully saturated rings. The molecule has 0 aliphatic heterocycles. The van der Waals surface area contributed by atoms with E-state index in [2.05, 4.69) is 54.4 Å². The maximum Gasteiger partial charge on any atom is 0.137 e. The minimum Gasteiger partial charge on any atom is -0.385 e. The first-order chi connectivity index (χ1) is 18.6. The molecule has 0 radical (unpaired) electrons. The average Bonchev–Trinajstić information content (AvgIpc) is 3.40. The molecule has 0 amide bonds. The van der Waals surface area contributed by atoms with Gasteiger partial charge in [-0.1, -0.05) is 68.2 Å². The fourth-order valence-electron chi connectivity index (χ4n) is 11.1. The number of fused-ring (bicyclic) bond motifs is 4. The molecule has 1 aromatic rings. The van der Waals surface area contributed by atoms with Crippen LogP contribution in [0.2, 0.25) is 0 Å². The number of hydrogen-bond acceptors (Lipinski definition) is 3. The van der Waals surface area contributed by atoms with Gasteiger partial charge >= 0.3 is 0 Å². The zero-order valence-electron chi connectivity index (χ0n) is 23.1. The van der Waals surface area contributed by atoms with Gasteiger partial charge in [-0.2, -0.15) is 0 Å². The maximum atomic E-state index is 12.4. The quantitative estimate of drug-likeness (QED) is 0.299. The van der Waals surface area contributed by atoms with Crippen LogP contribution >= 0.6 is 0 Å². The van der Waals surface area contributed by atoms with E-state index in [4.69, 9.17) is 5.73 Å². The topological polar surface area (TPSA) is 55.1 Å². The number of para-hydroxylation sites is 1. The smallest absolute Gasteiger partial charge is 0.137 e. The molecule has 6 aliphatic carbocycles. The monoisotopic (exact) mass is 512 g/mol. The van der Waals surface area contributed by atoms with Crippen LogP contribution in [-0.2, 0) is 4.79 Å². The third kappa shape index (κ3) is 4.05. The lowest BCUT2D eigenvalue weighted by atomic mass is 9.67. The van der Waals surface area contributed by atoms with Crippen molar-refractivity contribution in [1.29, 1.82) is 0 Å². The van der Waals surface area contributed by atoms with Gasteiger partial charge in [-0.25, -0.2) is 0 Å². The number of nitrogens with one attached hydrogen (secondary N) is 1. The highest BCUT2D eigenvalue weighted by Gasteiger charge is 2.73. The van der Waals surface area contributed by atoms with Crippen molar-refractivity contribution in [2.75, 3.05) is 11.9 Å². The van der Waals surface area contributed by atoms with E-state index in [-0.39, 0.29) is 11.5 Å². The molecule has 3 N–H and O–H groups in total. The molecule has 0 spiro atoms. The van der Waals surface area contributed by atoms with Crippen molar-refractivity contribution < 1.29 is 4.79 Å². The molecule has 3 nitrogen and oxygen atoms in total. The maximum absolute atomic E-state index is 12.4. The molecule has 3 heteroatoms. The number of anilines is 1. The van der Waals surface area contributed by atoms with Crippen molar-refractivity contribution in [3.63, 3.8) is 0 Å². The summed E-state index contributed by atoms with van der Waals surface area (Å²) in [5, 5.41) is 3.68. The van der Waals surface area contributed by atoms with E-state index in [9.17, 15) is 4.79 Å². The molecular formula is C35H48N2O. The van der Waals surface area contributed by atoms with Gasteiger partial charge in [0.2, 0.25) is 0 Å². The molecule has 38 heavy (non-hydrogen) atoms. The van der Waals surface area contributed by atoms with Crippen LogP contribution in [0.5, 0.6) is 0 Å². The second-order valence-corrected chi connectivity index (χ2v) is 14.3. The fourth-order valence-corrected chi connectivity index (χ4v) is 11.1. The Kier molecular flexibility index (Phi) is 6.58. The summed E-state index contributed by atoms with van der Waals surface area (Å²) in [6.45, 7) is 5.69. The summed E-state index contributed by atoms with van der Waals surface area (Å²) in [6, 6.07) is 10.3. The zero-order chi connectivity index (χ0) is 25.9. The Labute approximate surface area is 230 Å². The minimum atomic E-state index is -0.321. The van der Waals surface area contributed by atoms with Crippen LogP contribution < -0.4 is 11.1 Å². The second kappa shape index (κ2) is 9.95. The molecule has 5 saturated carbocycles. The van der Waals surface area contributed by atoms with Crippen molar-refractivity contribution in [3.05, 3.63) is 54.6 Å². The first-order valence-electron chi connectivity index (χ1n) is 15.9. The average molecular weight is 513 g/mol. The van der Waals surface area contributed by atoms with Gasteiger partial charge in [0.05, 0.1) is 6.04 Å². The molecule has 11 atom stereocenters. The van der Waals surface area contributed by atoms with E-state index in [1.54, 1.807) is 0 Å². The molecule has 6 aliphatic rings. The molecular weight excluding hydrogens is 464 g/mol. The summed E-state index contributed by atoms with van der Waals surface area (Å²) < 4.78 is 0. The summed E-state index contributed by atoms with van der Waals surface area (Å²) in [7, 11) is 0. The van der Waals surface area contributed by atoms with Crippen molar-refractivity contribution in [2.45, 2.75) is 76.7 Å². The summed E-state index contributed by atoms with van der Waals surface area (Å²) in [5.41, 5.74) is 9.63. The number of allylic oxidation sites excluding steroid dienone is 3. The van der Waals surface area contributed by atoms with E-state index in [1.807, 2.05) is 0 Å². The van der Waals surface area contributed by atoms with Crippen LogP contribution in [0.3, 0.4) is 0 Å². The highest BCUT2D eigenvalue weighted by Crippen LogP contribution is 2.76. The van der Waals surface area contributed by atoms with Gasteiger partial charge in [-0.3, -0.25) is 0 Å². The highest BCUT2D eigenvalue weighted by atomic mass is 16.1. The van der Waals surface area contributed by atoms with Crippen LogP contribution in [0.15, 0.2) is 54.6 Å². The second-order valence-electron chi connectivity index (χ2n) is 14.3. The van der Waals surface area contributed by atoms with Crippen molar-refractivity contribution in [2.24, 2.45) is 70.3 Å². The molecule has 204 valence electrons. The fraction of sp³-hybridized carbons (Fsp3) is 0.686. The lowest BCUT2D eigenvalue weighted by molar-refractivity contribution is -0.111. The Morgan fingerprint density at radius 3 is 2.58 bits per heavy atom. The standard InChI is InChI=1S/C35H48N2O/c1-22-11-14-32-34(31-19-27(18-30(22)31)24-7-5-6-8-24)35(32,33(36)21-38)28-13-12-25-15-23(16-26(25)17-28)20-37-29-9-3-2-4-10-29/h2-4,9-10,12-13,21,23-28,30-34,37H,1,5-8,11,14-20,36H2. The van der Waals surface area contributed by atoms with E-state index in [0.717, 1.165) is 42.9 Å². The highest BCUT2D eigenvalue weighted by molar-refractivity contribution is 5.61. The normalized spacial score (nSPS) is 44.7. The largest absolute Gasteiger partial charge is 0.385 e. The lowest BCUT2D eigenvalue weighted by Gasteiger charge is -2.38. The molecule has 0 saturated heterocycles. The van der Waals surface area contributed by atoms with E-state index < -0.39 is 0 Å². The van der Waals surface area contributed by atoms with E-state index in [0.29, 0.717) is 35.5 Å². The van der Waals surface area contributed by atoms with Crippen LogP contribution in [0.25, 0.3) is 0 Å². The summed E-state index contributed by atoms with van der Waals surface area (Å²) >= 11 is 0. The van der Waals surface area contributed by atoms with Gasteiger partial charge in [-0.15, -0.1) is 0 Å². The van der Waals surface area contributed by atoms with Crippen molar-refractivity contribution >= 4 is 12.0 Å². The molecule has 0 aromatic heterocycles. The number of rotatable bonds is 7. The lowest BCUT2D eigenvalue weighted by Crippen LogP contribution is -2.43. The number of carbonyl (C=O) groups excluding carboxylic acids is 1. The summed E-state index contributed by atoms with van der Waals surface area (Å²) in [5.74, 6) is 7.09. The van der Waals surface area contributed by atoms with E-state index >= 15 is 0 Å². The Morgan fingerprint density at radius 1 is 0.974 bits per heavy atom. The summed E-state index contributed by atoms with van der Waals surface area (Å²) in [6.07, 6.45) is 20.9. The Balaban J connectivity index is 1.09. The van der Waals surface area contributed by atoms with E-state index in [1.165, 1.54) is 75.5 Å². The predicted octanol–water partition coefficient (Wildman–Crippen LogP) is 7.26. The number of benzene rings is 1. The van der Waals surface area contributed by atoms with Gasteiger partial charge in [0.25, 0.3) is 0 Å². The van der Waals surface area contributed by atoms with Gasteiger partial charge in [0.15, 0.2) is 0 Å². The van der Waals surface area contributed by atoms with Gasteiger partial charge in [-0.05, 0) is 116 Å². The van der Waals surface area contributed by atoms with Crippen LogP contribution in [0, 0.1) is 64.6 Å². The Morgan fingerprint density at radius 2 is 1.79 bits per heavy atom. The molecule has 0 bridgehead atoms. The van der Waals surface area contributed by atoms with Gasteiger partial charge in [0.1, 0.15) is 6.29 Å². The SMILES string of the molecule is C=C1CCC2C(C3CC(C4CCCC4)CC13)C2(C(N)C=O)C1C=CC2CC(CNc3ccccc3)CC2C1. The molecule has 7 rings (SSSR count). The number of carbonyl (C=O) groups is 1. The third-order valence-corrected chi connectivity index (χ3v) is 12.8. The van der Waals surface area contributed by atoms with Crippen LogP contribution in [0.1, 0.15) is 70.6 Å². The molecule has 0 heterocycles. The predicted molar refractivity (Wildman–Crippen MR) is 155 cm³/mol. The molecule has 1 aromatic carbocycles. The third-order valence-electron chi connectivity index (χ3n) is 12.8. The minimum absolute atomic E-state index is 0.00220. The van der Waals surface area contributed by atoms with Crippen LogP contribution in [0.4, 0.5) is 5.69 Å². The van der Waals surface area contributed by atoms with Gasteiger partial charge < -0.3 is 15.8 Å². The number of aldehydes is 1.